The lowest BCUT2D eigenvalue weighted by Crippen LogP contribution is -2.54. The minimum atomic E-state index is -4.67. The Kier molecular flexibility index (Phi) is 6.96. The quantitative estimate of drug-likeness (QED) is 0.144. The van der Waals surface area contributed by atoms with E-state index >= 15 is 4.39 Å². The molecule has 2 aliphatic heterocycles. The van der Waals surface area contributed by atoms with E-state index in [-0.39, 0.29) is 30.5 Å². The Morgan fingerprint density at radius 2 is 1.93 bits per heavy atom. The summed E-state index contributed by atoms with van der Waals surface area (Å²) in [6.07, 6.45) is 0.930. The van der Waals surface area contributed by atoms with Gasteiger partial charge in [-0.15, -0.1) is 5.11 Å². The molecule has 8 nitrogen and oxygen atoms in total. The largest absolute Gasteiger partial charge is 0.418 e. The van der Waals surface area contributed by atoms with E-state index in [1.807, 2.05) is 6.92 Å². The first-order valence-electron chi connectivity index (χ1n) is 13.9. The van der Waals surface area contributed by atoms with Crippen molar-refractivity contribution in [3.05, 3.63) is 82.2 Å². The van der Waals surface area contributed by atoms with Gasteiger partial charge in [-0.05, 0) is 67.5 Å². The van der Waals surface area contributed by atoms with Gasteiger partial charge in [-0.1, -0.05) is 18.7 Å². The van der Waals surface area contributed by atoms with Crippen LogP contribution in [0.2, 0.25) is 0 Å². The number of rotatable bonds is 8. The number of alkyl halides is 4. The number of nitrogens with zero attached hydrogens (tertiary/aromatic N) is 6. The first kappa shape index (κ1) is 28.5. The molecule has 0 radical (unpaired) electrons. The monoisotopic (exact) mass is 584 g/mol. The molecule has 2 saturated heterocycles. The summed E-state index contributed by atoms with van der Waals surface area (Å²) in [5.74, 6) is 0. The molecule has 12 heteroatoms. The highest BCUT2D eigenvalue weighted by Gasteiger charge is 2.50. The minimum Gasteiger partial charge on any atom is -0.379 e. The molecule has 4 heterocycles. The summed E-state index contributed by atoms with van der Waals surface area (Å²) in [5.41, 5.74) is -1.43. The maximum Gasteiger partial charge on any atom is 0.418 e. The zero-order chi connectivity index (χ0) is 29.9. The van der Waals surface area contributed by atoms with Gasteiger partial charge in [0.2, 0.25) is 0 Å². The molecule has 1 spiro atoms. The highest BCUT2D eigenvalue weighted by atomic mass is 19.4. The van der Waals surface area contributed by atoms with Gasteiger partial charge < -0.3 is 4.74 Å². The number of azo groups is 1. The zero-order valence-electron chi connectivity index (χ0n) is 23.4. The summed E-state index contributed by atoms with van der Waals surface area (Å²) in [6.45, 7) is 7.35. The summed E-state index contributed by atoms with van der Waals surface area (Å²) >= 11 is 0. The average molecular weight is 585 g/mol. The van der Waals surface area contributed by atoms with E-state index in [4.69, 9.17) is 4.74 Å². The van der Waals surface area contributed by atoms with Crippen LogP contribution < -0.4 is 5.69 Å². The molecule has 2 atom stereocenters. The molecule has 6 rings (SSSR count). The van der Waals surface area contributed by atoms with Gasteiger partial charge in [-0.2, -0.15) is 18.3 Å². The van der Waals surface area contributed by atoms with Crippen LogP contribution in [-0.2, 0) is 16.3 Å². The second kappa shape index (κ2) is 10.3. The number of likely N-dealkylation sites (tertiary alicyclic amines) is 1. The molecular formula is C30H32F4N6O2. The van der Waals surface area contributed by atoms with Crippen LogP contribution in [0.25, 0.3) is 11.2 Å². The molecule has 3 fully saturated rings. The van der Waals surface area contributed by atoms with Gasteiger partial charge in [-0.25, -0.2) is 9.18 Å². The van der Waals surface area contributed by atoms with Gasteiger partial charge in [0, 0.05) is 32.0 Å². The number of benzene rings is 1. The molecule has 1 aromatic carbocycles. The van der Waals surface area contributed by atoms with Crippen LogP contribution in [-0.4, -0.2) is 59.7 Å². The van der Waals surface area contributed by atoms with E-state index in [0.717, 1.165) is 42.8 Å². The number of ether oxygens (including phenoxy) is 1. The van der Waals surface area contributed by atoms with Crippen LogP contribution in [0.4, 0.5) is 17.6 Å². The topological polar surface area (TPSA) is 76.0 Å². The fourth-order valence-electron chi connectivity index (χ4n) is 6.21. The Bertz CT molecular complexity index is 1650. The van der Waals surface area contributed by atoms with Crippen molar-refractivity contribution in [2.75, 3.05) is 33.4 Å². The molecule has 222 valence electrons. The molecule has 3 aromatic rings. The number of aromatic nitrogens is 2. The van der Waals surface area contributed by atoms with Crippen LogP contribution in [0.15, 0.2) is 75.0 Å². The number of halogens is 4. The third kappa shape index (κ3) is 4.80. The maximum absolute atomic E-state index is 15.7. The normalized spacial score (nSPS) is 21.4. The lowest BCUT2D eigenvalue weighted by molar-refractivity contribution is -0.136. The Morgan fingerprint density at radius 3 is 2.55 bits per heavy atom. The van der Waals surface area contributed by atoms with Gasteiger partial charge in [0.25, 0.3) is 0 Å². The minimum absolute atomic E-state index is 0.0396. The summed E-state index contributed by atoms with van der Waals surface area (Å²) in [5, 5.41) is 7.46. The average Bonchev–Trinajstić information content (AvgIpc) is 3.43. The molecule has 0 N–H and O–H groups in total. The molecule has 42 heavy (non-hydrogen) atoms. The number of hydrogen-bond donors (Lipinski definition) is 0. The van der Waals surface area contributed by atoms with Crippen molar-refractivity contribution in [2.45, 2.75) is 50.0 Å². The van der Waals surface area contributed by atoms with Crippen molar-refractivity contribution >= 4 is 11.9 Å². The fourth-order valence-corrected chi connectivity index (χ4v) is 6.21. The lowest BCUT2D eigenvalue weighted by atomic mass is 9.73. The van der Waals surface area contributed by atoms with Crippen molar-refractivity contribution in [3.8, 4) is 5.69 Å². The van der Waals surface area contributed by atoms with Crippen LogP contribution in [0.1, 0.15) is 48.9 Å². The summed E-state index contributed by atoms with van der Waals surface area (Å²) in [4.78, 5) is 19.5. The van der Waals surface area contributed by atoms with Crippen LogP contribution in [0.5, 0.6) is 0 Å². The van der Waals surface area contributed by atoms with E-state index in [9.17, 15) is 18.0 Å². The Balaban J connectivity index is 1.39. The molecule has 0 bridgehead atoms. The van der Waals surface area contributed by atoms with Crippen molar-refractivity contribution < 1.29 is 22.3 Å². The Hall–Kier alpha value is -3.64. The maximum atomic E-state index is 15.7. The second-order valence-corrected chi connectivity index (χ2v) is 11.8. The number of imidazole rings is 1. The third-order valence-electron chi connectivity index (χ3n) is 9.10. The van der Waals surface area contributed by atoms with E-state index in [1.165, 1.54) is 30.3 Å². The van der Waals surface area contributed by atoms with Crippen molar-refractivity contribution in [3.63, 3.8) is 0 Å². The smallest absolute Gasteiger partial charge is 0.379 e. The van der Waals surface area contributed by atoms with Crippen molar-refractivity contribution in [1.82, 2.24) is 13.9 Å². The molecular weight excluding hydrogens is 552 g/mol. The van der Waals surface area contributed by atoms with Gasteiger partial charge >= 0.3 is 11.9 Å². The molecule has 0 unspecified atom stereocenters. The highest BCUT2D eigenvalue weighted by Crippen LogP contribution is 2.54. The predicted molar refractivity (Wildman–Crippen MR) is 150 cm³/mol. The van der Waals surface area contributed by atoms with E-state index in [2.05, 4.69) is 26.7 Å². The number of pyridine rings is 1. The fraction of sp³-hybridized carbons (Fsp3) is 0.467. The number of aliphatic imine (C=N–C) groups is 1. The summed E-state index contributed by atoms with van der Waals surface area (Å²) < 4.78 is 66.3. The number of fused-ring (bicyclic) bond motifs is 1. The Labute approximate surface area is 240 Å². The van der Waals surface area contributed by atoms with Gasteiger partial charge in [0.05, 0.1) is 41.1 Å². The molecule has 1 aliphatic carbocycles. The third-order valence-corrected chi connectivity index (χ3v) is 9.10. The zero-order valence-corrected chi connectivity index (χ0v) is 23.4. The van der Waals surface area contributed by atoms with E-state index in [1.54, 1.807) is 24.3 Å². The standard InChI is InChI=1S/C30H32F4N6O2/c1-19(37-36-18-35-3)26(31)29(16-42-17-29)22-5-4-6-23(12-22)39-14-25-24(30(32,33)34)11-21(13-40(25)27(39)41)20(2)38-10-9-28(15-38)7-8-28/h4-6,11-14,18,20,26H,1,7-10,15-17H2,2-3H3/t20-,26+/m1/s1. The second-order valence-electron chi connectivity index (χ2n) is 11.8. The molecule has 2 aromatic heterocycles. The number of hydrogen-bond acceptors (Lipinski definition) is 5. The first-order valence-corrected chi connectivity index (χ1v) is 13.9. The molecule has 3 aliphatic rings. The van der Waals surface area contributed by atoms with Crippen molar-refractivity contribution in [2.24, 2.45) is 20.6 Å². The van der Waals surface area contributed by atoms with Crippen LogP contribution in [0.3, 0.4) is 0 Å². The van der Waals surface area contributed by atoms with Gasteiger partial charge in [0.1, 0.15) is 6.34 Å². The summed E-state index contributed by atoms with van der Waals surface area (Å²) in [6, 6.07) is 7.43. The number of allylic oxidation sites excluding steroid dienone is 1. The summed E-state index contributed by atoms with van der Waals surface area (Å²) in [7, 11) is 1.50. The van der Waals surface area contributed by atoms with Crippen LogP contribution >= 0.6 is 0 Å². The van der Waals surface area contributed by atoms with E-state index < -0.39 is 29.0 Å². The molecule has 1 saturated carbocycles. The highest BCUT2D eigenvalue weighted by molar-refractivity contribution is 5.58. The van der Waals surface area contributed by atoms with Crippen LogP contribution in [0, 0.1) is 5.41 Å². The van der Waals surface area contributed by atoms with Gasteiger partial charge in [0.15, 0.2) is 6.17 Å². The SMILES string of the molecule is C=C(N=NC=NC)[C@H](F)C1(c2cccc(-n3cc4c(C(F)(F)F)cc([C@@H](C)N5CCC6(CC6)C5)cn4c3=O)c2)COC1. The van der Waals surface area contributed by atoms with Gasteiger partial charge in [-0.3, -0.25) is 18.9 Å². The van der Waals surface area contributed by atoms with E-state index in [0.29, 0.717) is 22.2 Å². The first-order chi connectivity index (χ1) is 20.0. The lowest BCUT2D eigenvalue weighted by Gasteiger charge is -2.44. The predicted octanol–water partition coefficient (Wildman–Crippen LogP) is 5.89. The van der Waals surface area contributed by atoms with Crippen molar-refractivity contribution in [1.29, 1.82) is 0 Å². The molecule has 0 amide bonds. The Morgan fingerprint density at radius 1 is 1.17 bits per heavy atom.